The minimum absolute atomic E-state index is 0.178. The van der Waals surface area contributed by atoms with Gasteiger partial charge in [-0.2, -0.15) is 0 Å². The van der Waals surface area contributed by atoms with Crippen LogP contribution in [0.2, 0.25) is 0 Å². The molecule has 1 aliphatic heterocycles. The van der Waals surface area contributed by atoms with E-state index in [-0.39, 0.29) is 6.61 Å². The van der Waals surface area contributed by atoms with Crippen LogP contribution in [0.3, 0.4) is 0 Å². The Bertz CT molecular complexity index is 1240. The van der Waals surface area contributed by atoms with Crippen LogP contribution in [0.4, 0.5) is 0 Å². The normalized spacial score (nSPS) is 22.7. The van der Waals surface area contributed by atoms with Crippen molar-refractivity contribution in [2.24, 2.45) is 0 Å². The van der Waals surface area contributed by atoms with Crippen LogP contribution in [-0.2, 0) is 50.1 Å². The van der Waals surface area contributed by atoms with Crippen LogP contribution in [0.1, 0.15) is 22.3 Å². The van der Waals surface area contributed by atoms with Gasteiger partial charge < -0.3 is 28.8 Å². The number of benzene rings is 4. The highest BCUT2D eigenvalue weighted by molar-refractivity contribution is 5.16. The molecule has 5 atom stereocenters. The van der Waals surface area contributed by atoms with Gasteiger partial charge >= 0.3 is 0 Å². The zero-order valence-corrected chi connectivity index (χ0v) is 22.5. The molecule has 0 spiro atoms. The van der Waals surface area contributed by atoms with Gasteiger partial charge in [-0.05, 0) is 22.3 Å². The van der Waals surface area contributed by atoms with Crippen LogP contribution < -0.4 is 0 Å². The van der Waals surface area contributed by atoms with Crippen LogP contribution >= 0.6 is 0 Å². The summed E-state index contributed by atoms with van der Waals surface area (Å²) in [5, 5.41) is 11.5. The molecule has 1 aliphatic rings. The molecule has 208 valence electrons. The maximum Gasteiger partial charge on any atom is 0.187 e. The first-order chi connectivity index (χ1) is 19.8. The minimum atomic E-state index is -0.989. The smallest absolute Gasteiger partial charge is 0.187 e. The second kappa shape index (κ2) is 14.9. The highest BCUT2D eigenvalue weighted by Gasteiger charge is 2.47. The third kappa shape index (κ3) is 8.08. The third-order valence-corrected chi connectivity index (χ3v) is 6.84. The Morgan fingerprint density at radius 3 is 1.38 bits per heavy atom. The van der Waals surface area contributed by atoms with Gasteiger partial charge in [-0.1, -0.05) is 121 Å². The van der Waals surface area contributed by atoms with Gasteiger partial charge in [0.25, 0.3) is 0 Å². The van der Waals surface area contributed by atoms with Crippen LogP contribution in [-0.4, -0.2) is 42.4 Å². The van der Waals surface area contributed by atoms with Gasteiger partial charge in [-0.25, -0.2) is 0 Å². The van der Waals surface area contributed by atoms with E-state index in [1.807, 2.05) is 121 Å². The SMILES string of the molecule is OC1C(COCc2ccccc2)OC(OCc2ccccc2)C(OCc2ccccc2)C1OCc1ccccc1. The summed E-state index contributed by atoms with van der Waals surface area (Å²) in [7, 11) is 0. The van der Waals surface area contributed by atoms with Gasteiger partial charge in [0.15, 0.2) is 6.29 Å². The molecule has 0 amide bonds. The van der Waals surface area contributed by atoms with Crippen molar-refractivity contribution in [3.63, 3.8) is 0 Å². The molecular formula is C34H36O6. The summed E-state index contributed by atoms with van der Waals surface area (Å²) < 4.78 is 31.4. The second-order valence-electron chi connectivity index (χ2n) is 9.85. The molecule has 5 rings (SSSR count). The molecule has 0 aliphatic carbocycles. The Balaban J connectivity index is 1.34. The van der Waals surface area contributed by atoms with Crippen molar-refractivity contribution in [3.05, 3.63) is 144 Å². The largest absolute Gasteiger partial charge is 0.387 e. The van der Waals surface area contributed by atoms with E-state index >= 15 is 0 Å². The Kier molecular flexibility index (Phi) is 10.5. The summed E-state index contributed by atoms with van der Waals surface area (Å²) in [6, 6.07) is 39.6. The van der Waals surface area contributed by atoms with Gasteiger partial charge in [0.05, 0.1) is 33.0 Å². The number of ether oxygens (including phenoxy) is 5. The molecule has 0 aromatic heterocycles. The first-order valence-corrected chi connectivity index (χ1v) is 13.7. The van der Waals surface area contributed by atoms with E-state index in [0.29, 0.717) is 26.4 Å². The maximum absolute atomic E-state index is 11.5. The number of hydrogen-bond acceptors (Lipinski definition) is 6. The lowest BCUT2D eigenvalue weighted by Gasteiger charge is -2.44. The standard InChI is InChI=1S/C34H36O6/c35-31-30(25-36-21-26-13-5-1-6-14-26)40-34(39-24-29-19-11-4-12-20-29)33(38-23-28-17-9-3-10-18-28)32(31)37-22-27-15-7-2-8-16-27/h1-20,30-35H,21-25H2. The molecule has 0 radical (unpaired) electrons. The number of rotatable bonds is 13. The molecule has 0 saturated carbocycles. The van der Waals surface area contributed by atoms with Crippen molar-refractivity contribution in [2.45, 2.75) is 57.1 Å². The van der Waals surface area contributed by atoms with Crippen molar-refractivity contribution >= 4 is 0 Å². The molecule has 1 heterocycles. The molecule has 0 bridgehead atoms. The lowest BCUT2D eigenvalue weighted by Crippen LogP contribution is -2.61. The molecule has 4 aromatic rings. The molecule has 1 saturated heterocycles. The van der Waals surface area contributed by atoms with Gasteiger partial charge in [0.2, 0.25) is 0 Å². The Labute approximate surface area is 236 Å². The fraction of sp³-hybridized carbons (Fsp3) is 0.294. The van der Waals surface area contributed by atoms with E-state index in [1.165, 1.54) is 0 Å². The molecule has 4 aromatic carbocycles. The van der Waals surface area contributed by atoms with Crippen LogP contribution in [0.15, 0.2) is 121 Å². The predicted molar refractivity (Wildman–Crippen MR) is 152 cm³/mol. The molecule has 40 heavy (non-hydrogen) atoms. The Morgan fingerprint density at radius 2 is 0.900 bits per heavy atom. The predicted octanol–water partition coefficient (Wildman–Crippen LogP) is 5.68. The van der Waals surface area contributed by atoms with E-state index in [0.717, 1.165) is 22.3 Å². The van der Waals surface area contributed by atoms with Gasteiger partial charge in [-0.15, -0.1) is 0 Å². The summed E-state index contributed by atoms with van der Waals surface area (Å²) in [4.78, 5) is 0. The van der Waals surface area contributed by atoms with Crippen LogP contribution in [0.5, 0.6) is 0 Å². The Morgan fingerprint density at radius 1 is 0.500 bits per heavy atom. The third-order valence-electron chi connectivity index (χ3n) is 6.84. The summed E-state index contributed by atoms with van der Waals surface area (Å²) in [6.45, 7) is 1.56. The van der Waals surface area contributed by atoms with Crippen molar-refractivity contribution in [1.82, 2.24) is 0 Å². The fourth-order valence-electron chi connectivity index (χ4n) is 4.68. The van der Waals surface area contributed by atoms with Crippen molar-refractivity contribution in [2.75, 3.05) is 6.61 Å². The lowest BCUT2D eigenvalue weighted by atomic mass is 9.98. The Hall–Kier alpha value is -3.36. The summed E-state index contributed by atoms with van der Waals surface area (Å²) in [6.07, 6.45) is -3.81. The van der Waals surface area contributed by atoms with Crippen LogP contribution in [0.25, 0.3) is 0 Å². The van der Waals surface area contributed by atoms with Gasteiger partial charge in [-0.3, -0.25) is 0 Å². The number of hydrogen-bond donors (Lipinski definition) is 1. The van der Waals surface area contributed by atoms with Crippen molar-refractivity contribution < 1.29 is 28.8 Å². The highest BCUT2D eigenvalue weighted by atomic mass is 16.7. The summed E-state index contributed by atoms with van der Waals surface area (Å²) >= 11 is 0. The van der Waals surface area contributed by atoms with E-state index < -0.39 is 30.7 Å². The quantitative estimate of drug-likeness (QED) is 0.236. The summed E-state index contributed by atoms with van der Waals surface area (Å²) in [5.41, 5.74) is 4.07. The van der Waals surface area contributed by atoms with Gasteiger partial charge in [0, 0.05) is 0 Å². The maximum atomic E-state index is 11.5. The van der Waals surface area contributed by atoms with E-state index in [4.69, 9.17) is 23.7 Å². The number of aliphatic hydroxyl groups excluding tert-OH is 1. The number of aliphatic hydroxyl groups is 1. The molecule has 6 nitrogen and oxygen atoms in total. The highest BCUT2D eigenvalue weighted by Crippen LogP contribution is 2.29. The monoisotopic (exact) mass is 540 g/mol. The first kappa shape index (κ1) is 28.2. The first-order valence-electron chi connectivity index (χ1n) is 13.7. The van der Waals surface area contributed by atoms with E-state index in [1.54, 1.807) is 0 Å². The zero-order valence-electron chi connectivity index (χ0n) is 22.5. The van der Waals surface area contributed by atoms with Crippen molar-refractivity contribution in [1.29, 1.82) is 0 Å². The van der Waals surface area contributed by atoms with E-state index in [9.17, 15) is 5.11 Å². The summed E-state index contributed by atoms with van der Waals surface area (Å²) in [5.74, 6) is 0. The average molecular weight is 541 g/mol. The average Bonchev–Trinajstić information content (AvgIpc) is 3.01. The molecule has 1 fully saturated rings. The fourth-order valence-corrected chi connectivity index (χ4v) is 4.68. The lowest BCUT2D eigenvalue weighted by molar-refractivity contribution is -0.324. The zero-order chi connectivity index (χ0) is 27.4. The van der Waals surface area contributed by atoms with Gasteiger partial charge in [0.1, 0.15) is 24.4 Å². The van der Waals surface area contributed by atoms with Crippen LogP contribution in [0, 0.1) is 0 Å². The topological polar surface area (TPSA) is 66.4 Å². The second-order valence-corrected chi connectivity index (χ2v) is 9.85. The molecule has 6 heteroatoms. The van der Waals surface area contributed by atoms with E-state index in [2.05, 4.69) is 0 Å². The molecular weight excluding hydrogens is 504 g/mol. The van der Waals surface area contributed by atoms with Crippen molar-refractivity contribution in [3.8, 4) is 0 Å². The molecule has 5 unspecified atom stereocenters. The minimum Gasteiger partial charge on any atom is -0.387 e. The molecule has 1 N–H and O–H groups in total.